The summed E-state index contributed by atoms with van der Waals surface area (Å²) in [5.41, 5.74) is 3.49. The summed E-state index contributed by atoms with van der Waals surface area (Å²) in [6.45, 7) is 3.59. The third kappa shape index (κ3) is 3.38. The van der Waals surface area contributed by atoms with Crippen molar-refractivity contribution < 1.29 is 33.5 Å². The van der Waals surface area contributed by atoms with Crippen molar-refractivity contribution in [2.45, 2.75) is 19.8 Å². The Morgan fingerprint density at radius 1 is 0.875 bits per heavy atom. The topological polar surface area (TPSA) is 125 Å². The zero-order chi connectivity index (χ0) is 27.9. The van der Waals surface area contributed by atoms with E-state index >= 15 is 0 Å². The van der Waals surface area contributed by atoms with Crippen LogP contribution in [0.2, 0.25) is 0 Å². The third-order valence-corrected chi connectivity index (χ3v) is 8.16. The Balaban J connectivity index is 1.41. The highest BCUT2D eigenvalue weighted by atomic mass is 16.7. The largest absolute Gasteiger partial charge is 0.454 e. The first-order valence-electron chi connectivity index (χ1n) is 12.8. The Hall–Kier alpha value is -4.99. The summed E-state index contributed by atoms with van der Waals surface area (Å²) in [6.07, 6.45) is 1.90. The number of aryl methyl sites for hydroxylation is 2. The summed E-state index contributed by atoms with van der Waals surface area (Å²) in [5, 5.41) is 11.3. The van der Waals surface area contributed by atoms with E-state index in [1.54, 1.807) is 25.1 Å². The Kier molecular flexibility index (Phi) is 5.12. The molecule has 0 bridgehead atoms. The maximum Gasteiger partial charge on any atom is 0.319 e. The maximum absolute atomic E-state index is 14.1. The Labute approximate surface area is 227 Å². The van der Waals surface area contributed by atoms with Gasteiger partial charge in [0.2, 0.25) is 18.6 Å². The number of benzene rings is 3. The SMILES string of the molecule is Cc1ccc2c(c1)OC(=O)[C@@H]1C2=C[C@H](c2ccc3c(c2)OCO3)[C@H]2C(=O)N(c3ccc([N+](=O)[O-])cc3C)C(=O)[C@H]12. The van der Waals surface area contributed by atoms with Gasteiger partial charge in [-0.2, -0.15) is 0 Å². The van der Waals surface area contributed by atoms with Crippen LogP contribution in [0.15, 0.2) is 60.7 Å². The van der Waals surface area contributed by atoms with E-state index in [9.17, 15) is 24.5 Å². The summed E-state index contributed by atoms with van der Waals surface area (Å²) >= 11 is 0. The van der Waals surface area contributed by atoms with Crippen molar-refractivity contribution in [2.75, 3.05) is 11.7 Å². The first kappa shape index (κ1) is 24.1. The second-order valence-electron chi connectivity index (χ2n) is 10.5. The van der Waals surface area contributed by atoms with Gasteiger partial charge >= 0.3 is 5.97 Å². The molecule has 1 saturated heterocycles. The lowest BCUT2D eigenvalue weighted by Crippen LogP contribution is -2.42. The van der Waals surface area contributed by atoms with Gasteiger partial charge in [0.05, 0.1) is 28.4 Å². The van der Waals surface area contributed by atoms with Crippen LogP contribution in [-0.4, -0.2) is 29.5 Å². The minimum absolute atomic E-state index is 0.0852. The standard InChI is InChI=1S/C30H22N2O8/c1-14-3-6-18-20-12-19(16-4-8-22-24(11-16)39-13-38-22)25-27(26(20)30(35)40-23(18)9-14)29(34)31(28(25)33)21-7-5-17(32(36)37)10-15(21)2/h3-12,19,25-27H,13H2,1-2H3/t19-,25-,26-,27+/m1/s1. The molecule has 40 heavy (non-hydrogen) atoms. The quantitative estimate of drug-likeness (QED) is 0.157. The van der Waals surface area contributed by atoms with Crippen LogP contribution in [-0.2, 0) is 14.4 Å². The van der Waals surface area contributed by atoms with Crippen molar-refractivity contribution in [3.8, 4) is 17.2 Å². The predicted octanol–water partition coefficient (Wildman–Crippen LogP) is 4.46. The number of nitro groups is 1. The number of carbonyl (C=O) groups is 3. The average Bonchev–Trinajstić information content (AvgIpc) is 3.50. The summed E-state index contributed by atoms with van der Waals surface area (Å²) in [5.74, 6) is -3.56. The van der Waals surface area contributed by atoms with Crippen molar-refractivity contribution in [1.29, 1.82) is 0 Å². The average molecular weight is 539 g/mol. The van der Waals surface area contributed by atoms with Crippen LogP contribution < -0.4 is 19.1 Å². The van der Waals surface area contributed by atoms with Gasteiger partial charge in [-0.1, -0.05) is 24.3 Å². The molecule has 200 valence electrons. The molecule has 4 atom stereocenters. The summed E-state index contributed by atoms with van der Waals surface area (Å²) in [6, 6.07) is 14.9. The van der Waals surface area contributed by atoms with E-state index in [4.69, 9.17) is 14.2 Å². The van der Waals surface area contributed by atoms with Gasteiger partial charge in [-0.05, 0) is 60.4 Å². The van der Waals surface area contributed by atoms with Crippen LogP contribution in [0.3, 0.4) is 0 Å². The molecule has 3 aromatic rings. The van der Waals surface area contributed by atoms with E-state index in [1.807, 2.05) is 31.2 Å². The predicted molar refractivity (Wildman–Crippen MR) is 141 cm³/mol. The van der Waals surface area contributed by atoms with Gasteiger partial charge in [-0.3, -0.25) is 24.5 Å². The smallest absolute Gasteiger partial charge is 0.319 e. The van der Waals surface area contributed by atoms with Gasteiger partial charge in [0.25, 0.3) is 5.69 Å². The molecule has 2 amide bonds. The summed E-state index contributed by atoms with van der Waals surface area (Å²) in [7, 11) is 0. The molecule has 10 heteroatoms. The molecule has 3 aliphatic heterocycles. The van der Waals surface area contributed by atoms with E-state index in [1.165, 1.54) is 18.2 Å². The minimum atomic E-state index is -1.03. The highest BCUT2D eigenvalue weighted by Crippen LogP contribution is 2.55. The first-order chi connectivity index (χ1) is 19.2. The third-order valence-electron chi connectivity index (χ3n) is 8.16. The fourth-order valence-electron chi connectivity index (χ4n) is 6.36. The number of non-ortho nitro benzene ring substituents is 1. The van der Waals surface area contributed by atoms with Crippen LogP contribution in [0, 0.1) is 41.7 Å². The molecular weight excluding hydrogens is 516 g/mol. The number of nitrogens with zero attached hydrogens (tertiary/aromatic N) is 2. The van der Waals surface area contributed by atoms with E-state index in [-0.39, 0.29) is 18.2 Å². The van der Waals surface area contributed by atoms with Crippen molar-refractivity contribution >= 4 is 34.7 Å². The summed E-state index contributed by atoms with van der Waals surface area (Å²) in [4.78, 5) is 53.6. The molecule has 10 nitrogen and oxygen atoms in total. The first-order valence-corrected chi connectivity index (χ1v) is 12.8. The Bertz CT molecular complexity index is 1710. The molecule has 0 radical (unpaired) electrons. The second kappa shape index (κ2) is 8.51. The number of hydrogen-bond acceptors (Lipinski definition) is 8. The van der Waals surface area contributed by atoms with E-state index in [0.717, 1.165) is 16.0 Å². The number of fused-ring (bicyclic) bond motifs is 6. The number of nitro benzene ring substituents is 1. The molecule has 0 unspecified atom stereocenters. The highest BCUT2D eigenvalue weighted by Gasteiger charge is 2.60. The molecular formula is C30H22N2O8. The molecule has 7 rings (SSSR count). The fraction of sp³-hybridized carbons (Fsp3) is 0.233. The zero-order valence-electron chi connectivity index (χ0n) is 21.5. The van der Waals surface area contributed by atoms with Crippen molar-refractivity contribution in [2.24, 2.45) is 17.8 Å². The number of hydrogen-bond donors (Lipinski definition) is 0. The highest BCUT2D eigenvalue weighted by molar-refractivity contribution is 6.25. The van der Waals surface area contributed by atoms with Crippen LogP contribution in [0.5, 0.6) is 17.2 Å². The number of ether oxygens (including phenoxy) is 3. The zero-order valence-corrected chi connectivity index (χ0v) is 21.5. The number of rotatable bonds is 3. The lowest BCUT2D eigenvalue weighted by Gasteiger charge is -2.38. The van der Waals surface area contributed by atoms with E-state index < -0.39 is 46.4 Å². The van der Waals surface area contributed by atoms with Crippen LogP contribution in [0.4, 0.5) is 11.4 Å². The van der Waals surface area contributed by atoms with Crippen LogP contribution in [0.1, 0.15) is 28.2 Å². The molecule has 4 aliphatic rings. The van der Waals surface area contributed by atoms with Gasteiger partial charge in [0.15, 0.2) is 11.5 Å². The Morgan fingerprint density at radius 3 is 2.42 bits per heavy atom. The monoisotopic (exact) mass is 538 g/mol. The number of amides is 2. The van der Waals surface area contributed by atoms with Gasteiger partial charge < -0.3 is 14.2 Å². The lowest BCUT2D eigenvalue weighted by atomic mass is 9.64. The fourth-order valence-corrected chi connectivity index (χ4v) is 6.36. The lowest BCUT2D eigenvalue weighted by molar-refractivity contribution is -0.384. The molecule has 1 aliphatic carbocycles. The summed E-state index contributed by atoms with van der Waals surface area (Å²) < 4.78 is 16.8. The van der Waals surface area contributed by atoms with E-state index in [2.05, 4.69) is 0 Å². The van der Waals surface area contributed by atoms with E-state index in [0.29, 0.717) is 33.9 Å². The number of imide groups is 1. The van der Waals surface area contributed by atoms with Gasteiger partial charge in [0.1, 0.15) is 5.75 Å². The number of esters is 1. The number of anilines is 1. The number of allylic oxidation sites excluding steroid dienone is 1. The molecule has 3 heterocycles. The normalized spacial score (nSPS) is 24.2. The number of carbonyl (C=O) groups excluding carboxylic acids is 3. The van der Waals surface area contributed by atoms with Crippen molar-refractivity contribution in [1.82, 2.24) is 0 Å². The van der Waals surface area contributed by atoms with Gasteiger partial charge in [0, 0.05) is 23.6 Å². The van der Waals surface area contributed by atoms with Gasteiger partial charge in [-0.25, -0.2) is 4.90 Å². The van der Waals surface area contributed by atoms with Crippen LogP contribution >= 0.6 is 0 Å². The molecule has 0 spiro atoms. The molecule has 3 aromatic carbocycles. The maximum atomic E-state index is 14.1. The molecule has 0 aromatic heterocycles. The van der Waals surface area contributed by atoms with Gasteiger partial charge in [-0.15, -0.1) is 0 Å². The second-order valence-corrected chi connectivity index (χ2v) is 10.5. The van der Waals surface area contributed by atoms with Crippen molar-refractivity contribution in [3.05, 3.63) is 93.0 Å². The Morgan fingerprint density at radius 2 is 1.65 bits per heavy atom. The van der Waals surface area contributed by atoms with Crippen molar-refractivity contribution in [3.63, 3.8) is 0 Å². The molecule has 0 saturated carbocycles. The minimum Gasteiger partial charge on any atom is -0.454 e. The molecule has 0 N–H and O–H groups in total. The van der Waals surface area contributed by atoms with Crippen LogP contribution in [0.25, 0.3) is 5.57 Å². The molecule has 1 fully saturated rings.